The van der Waals surface area contributed by atoms with Gasteiger partial charge in [-0.1, -0.05) is 24.3 Å². The minimum absolute atomic E-state index is 0.154. The molecule has 0 spiro atoms. The molecule has 0 saturated heterocycles. The normalized spacial score (nSPS) is 10.3. The van der Waals surface area contributed by atoms with E-state index in [4.69, 9.17) is 4.74 Å². The highest BCUT2D eigenvalue weighted by Crippen LogP contribution is 2.26. The first kappa shape index (κ1) is 22.8. The van der Waals surface area contributed by atoms with Crippen LogP contribution in [-0.2, 0) is 4.79 Å². The Morgan fingerprint density at radius 3 is 2.56 bits per heavy atom. The van der Waals surface area contributed by atoms with Gasteiger partial charge in [-0.3, -0.25) is 19.7 Å². The third-order valence-electron chi connectivity index (χ3n) is 4.24. The number of nitrogens with zero attached hydrogens (tertiary/aromatic N) is 1. The van der Waals surface area contributed by atoms with Crippen LogP contribution < -0.4 is 15.4 Å². The standard InChI is InChI=1S/C23H21N3O5S/c1-2-31-21-12-4-3-11-20(21)25-22(27)15-32-19-10-6-8-17(14-19)24-23(28)16-7-5-9-18(13-16)26(29)30/h3-14H,2,15H2,1H3,(H,24,28)(H,25,27). The monoisotopic (exact) mass is 451 g/mol. The average Bonchev–Trinajstić information content (AvgIpc) is 2.79. The maximum absolute atomic E-state index is 12.4. The number of hydrogen-bond donors (Lipinski definition) is 2. The molecule has 0 radical (unpaired) electrons. The second-order valence-corrected chi connectivity index (χ2v) is 7.60. The van der Waals surface area contributed by atoms with E-state index in [9.17, 15) is 19.7 Å². The number of nitro benzene ring substituents is 1. The van der Waals surface area contributed by atoms with E-state index in [0.29, 0.717) is 23.7 Å². The number of nitro groups is 1. The number of amides is 2. The largest absolute Gasteiger partial charge is 0.492 e. The van der Waals surface area contributed by atoms with E-state index < -0.39 is 10.8 Å². The van der Waals surface area contributed by atoms with Gasteiger partial charge in [0.2, 0.25) is 5.91 Å². The van der Waals surface area contributed by atoms with E-state index in [1.165, 1.54) is 36.0 Å². The number of thioether (sulfide) groups is 1. The van der Waals surface area contributed by atoms with Crippen LogP contribution in [0.1, 0.15) is 17.3 Å². The van der Waals surface area contributed by atoms with Crippen LogP contribution in [0.4, 0.5) is 17.1 Å². The Hall–Kier alpha value is -3.85. The molecule has 2 amide bonds. The lowest BCUT2D eigenvalue weighted by Gasteiger charge is -2.11. The molecule has 0 heterocycles. The van der Waals surface area contributed by atoms with Crippen LogP contribution in [0.15, 0.2) is 77.7 Å². The number of rotatable bonds is 9. The number of para-hydroxylation sites is 2. The van der Waals surface area contributed by atoms with Gasteiger partial charge in [-0.15, -0.1) is 11.8 Å². The highest BCUT2D eigenvalue weighted by Gasteiger charge is 2.12. The van der Waals surface area contributed by atoms with Crippen molar-refractivity contribution in [3.8, 4) is 5.75 Å². The molecule has 3 aromatic rings. The van der Waals surface area contributed by atoms with Gasteiger partial charge in [0.1, 0.15) is 5.75 Å². The van der Waals surface area contributed by atoms with Gasteiger partial charge in [0.05, 0.1) is 23.0 Å². The van der Waals surface area contributed by atoms with Crippen LogP contribution in [0, 0.1) is 10.1 Å². The van der Waals surface area contributed by atoms with Crippen molar-refractivity contribution in [2.75, 3.05) is 23.0 Å². The van der Waals surface area contributed by atoms with E-state index in [2.05, 4.69) is 10.6 Å². The number of carbonyl (C=O) groups is 2. The molecule has 0 aliphatic carbocycles. The Morgan fingerprint density at radius 1 is 1.00 bits per heavy atom. The lowest BCUT2D eigenvalue weighted by atomic mass is 10.2. The first-order valence-electron chi connectivity index (χ1n) is 9.76. The molecular weight excluding hydrogens is 430 g/mol. The van der Waals surface area contributed by atoms with Crippen molar-refractivity contribution < 1.29 is 19.2 Å². The molecule has 8 nitrogen and oxygen atoms in total. The van der Waals surface area contributed by atoms with Crippen molar-refractivity contribution in [3.63, 3.8) is 0 Å². The highest BCUT2D eigenvalue weighted by atomic mass is 32.2. The minimum Gasteiger partial charge on any atom is -0.492 e. The first-order valence-corrected chi connectivity index (χ1v) is 10.7. The third kappa shape index (κ3) is 6.32. The molecule has 0 saturated carbocycles. The fraction of sp³-hybridized carbons (Fsp3) is 0.130. The van der Waals surface area contributed by atoms with Crippen molar-refractivity contribution in [1.29, 1.82) is 0 Å². The van der Waals surface area contributed by atoms with Crippen molar-refractivity contribution in [2.24, 2.45) is 0 Å². The second-order valence-electron chi connectivity index (χ2n) is 6.56. The zero-order valence-electron chi connectivity index (χ0n) is 17.2. The number of non-ortho nitro benzene ring substituents is 1. The maximum atomic E-state index is 12.4. The third-order valence-corrected chi connectivity index (χ3v) is 5.24. The molecule has 0 aliphatic heterocycles. The quantitative estimate of drug-likeness (QED) is 0.270. The van der Waals surface area contributed by atoms with Gasteiger partial charge in [0.25, 0.3) is 11.6 Å². The lowest BCUT2D eigenvalue weighted by Crippen LogP contribution is -2.15. The average molecular weight is 452 g/mol. The Labute approximate surface area is 189 Å². The number of nitrogens with one attached hydrogen (secondary N) is 2. The molecule has 32 heavy (non-hydrogen) atoms. The smallest absolute Gasteiger partial charge is 0.270 e. The van der Waals surface area contributed by atoms with Crippen molar-refractivity contribution in [3.05, 3.63) is 88.5 Å². The van der Waals surface area contributed by atoms with Crippen LogP contribution >= 0.6 is 11.8 Å². The van der Waals surface area contributed by atoms with E-state index >= 15 is 0 Å². The summed E-state index contributed by atoms with van der Waals surface area (Å²) in [5.74, 6) is 0.136. The summed E-state index contributed by atoms with van der Waals surface area (Å²) >= 11 is 1.32. The SMILES string of the molecule is CCOc1ccccc1NC(=O)CSc1cccc(NC(=O)c2cccc([N+](=O)[O-])c2)c1. The summed E-state index contributed by atoms with van der Waals surface area (Å²) in [6.07, 6.45) is 0. The summed E-state index contributed by atoms with van der Waals surface area (Å²) in [6, 6.07) is 19.8. The summed E-state index contributed by atoms with van der Waals surface area (Å²) in [5.41, 5.74) is 1.16. The van der Waals surface area contributed by atoms with Crippen LogP contribution in [-0.4, -0.2) is 29.1 Å². The molecule has 0 unspecified atom stereocenters. The minimum atomic E-state index is -0.550. The molecular formula is C23H21N3O5S. The van der Waals surface area contributed by atoms with Gasteiger partial charge in [0, 0.05) is 28.3 Å². The van der Waals surface area contributed by atoms with Crippen molar-refractivity contribution in [1.82, 2.24) is 0 Å². The number of benzene rings is 3. The van der Waals surface area contributed by atoms with Crippen LogP contribution in [0.2, 0.25) is 0 Å². The maximum Gasteiger partial charge on any atom is 0.270 e. The van der Waals surface area contributed by atoms with Gasteiger partial charge >= 0.3 is 0 Å². The summed E-state index contributed by atoms with van der Waals surface area (Å²) in [4.78, 5) is 35.9. The lowest BCUT2D eigenvalue weighted by molar-refractivity contribution is -0.384. The summed E-state index contributed by atoms with van der Waals surface area (Å²) in [5, 5.41) is 16.5. The molecule has 0 bridgehead atoms. The van der Waals surface area contributed by atoms with Crippen LogP contribution in [0.3, 0.4) is 0 Å². The Balaban J connectivity index is 1.59. The van der Waals surface area contributed by atoms with Gasteiger partial charge in [-0.2, -0.15) is 0 Å². The van der Waals surface area contributed by atoms with Gasteiger partial charge in [-0.25, -0.2) is 0 Å². The van der Waals surface area contributed by atoms with Crippen LogP contribution in [0.5, 0.6) is 5.75 Å². The number of carbonyl (C=O) groups excluding carboxylic acids is 2. The number of anilines is 2. The number of hydrogen-bond acceptors (Lipinski definition) is 6. The zero-order valence-corrected chi connectivity index (χ0v) is 18.1. The van der Waals surface area contributed by atoms with Gasteiger partial charge in [0.15, 0.2) is 0 Å². The molecule has 3 rings (SSSR count). The predicted octanol–water partition coefficient (Wildman–Crippen LogP) is 4.98. The molecule has 3 aromatic carbocycles. The first-order chi connectivity index (χ1) is 15.5. The van der Waals surface area contributed by atoms with Crippen molar-refractivity contribution in [2.45, 2.75) is 11.8 Å². The van der Waals surface area contributed by atoms with Gasteiger partial charge < -0.3 is 15.4 Å². The predicted molar refractivity (Wildman–Crippen MR) is 124 cm³/mol. The summed E-state index contributed by atoms with van der Waals surface area (Å²) in [6.45, 7) is 2.37. The van der Waals surface area contributed by atoms with Crippen LogP contribution in [0.25, 0.3) is 0 Å². The highest BCUT2D eigenvalue weighted by molar-refractivity contribution is 8.00. The van der Waals surface area contributed by atoms with Gasteiger partial charge in [-0.05, 0) is 43.3 Å². The second kappa shape index (κ2) is 11.0. The Morgan fingerprint density at radius 2 is 1.78 bits per heavy atom. The summed E-state index contributed by atoms with van der Waals surface area (Å²) < 4.78 is 5.51. The molecule has 2 N–H and O–H groups in total. The summed E-state index contributed by atoms with van der Waals surface area (Å²) in [7, 11) is 0. The fourth-order valence-electron chi connectivity index (χ4n) is 2.81. The molecule has 0 fully saturated rings. The Bertz CT molecular complexity index is 1140. The van der Waals surface area contributed by atoms with E-state index in [1.807, 2.05) is 25.1 Å². The van der Waals surface area contributed by atoms with Crippen molar-refractivity contribution >= 4 is 40.6 Å². The van der Waals surface area contributed by atoms with E-state index in [-0.39, 0.29) is 22.9 Å². The molecule has 0 aromatic heterocycles. The molecule has 0 atom stereocenters. The Kier molecular flexibility index (Phi) is 7.82. The van der Waals surface area contributed by atoms with E-state index in [1.54, 1.807) is 30.3 Å². The topological polar surface area (TPSA) is 111 Å². The zero-order chi connectivity index (χ0) is 22.9. The van der Waals surface area contributed by atoms with E-state index in [0.717, 1.165) is 4.90 Å². The molecule has 164 valence electrons. The molecule has 9 heteroatoms. The molecule has 0 aliphatic rings. The fourth-order valence-corrected chi connectivity index (χ4v) is 3.57. The number of ether oxygens (including phenoxy) is 1.